The molecule has 1 saturated heterocycles. The first kappa shape index (κ1) is 15.8. The Hall–Kier alpha value is -2.38. The Morgan fingerprint density at radius 2 is 2.04 bits per heavy atom. The number of piperidine rings is 1. The molecular formula is C19H18FN5S. The lowest BCUT2D eigenvalue weighted by molar-refractivity contribution is 0.459. The Bertz CT molecular complexity index is 1110. The predicted octanol–water partition coefficient (Wildman–Crippen LogP) is 3.92. The first-order valence-corrected chi connectivity index (χ1v) is 9.63. The van der Waals surface area contributed by atoms with Crippen LogP contribution < -0.4 is 5.32 Å². The molecule has 5 nitrogen and oxygen atoms in total. The molecule has 1 aromatic carbocycles. The van der Waals surface area contributed by atoms with Crippen molar-refractivity contribution in [1.82, 2.24) is 24.9 Å². The van der Waals surface area contributed by atoms with Crippen molar-refractivity contribution < 1.29 is 4.39 Å². The number of thiazole rings is 1. The van der Waals surface area contributed by atoms with Gasteiger partial charge >= 0.3 is 0 Å². The summed E-state index contributed by atoms with van der Waals surface area (Å²) in [6, 6.07) is 7.33. The average molecular weight is 367 g/mol. The summed E-state index contributed by atoms with van der Waals surface area (Å²) in [4.78, 5) is 9.23. The molecule has 0 unspecified atom stereocenters. The van der Waals surface area contributed by atoms with Gasteiger partial charge in [-0.25, -0.2) is 18.9 Å². The number of hydrogen-bond donors (Lipinski definition) is 1. The highest BCUT2D eigenvalue weighted by Gasteiger charge is 2.20. The molecule has 26 heavy (non-hydrogen) atoms. The molecular weight excluding hydrogens is 349 g/mol. The van der Waals surface area contributed by atoms with Gasteiger partial charge in [-0.1, -0.05) is 0 Å². The van der Waals surface area contributed by atoms with E-state index in [4.69, 9.17) is 0 Å². The predicted molar refractivity (Wildman–Crippen MR) is 101 cm³/mol. The fourth-order valence-electron chi connectivity index (χ4n) is 3.56. The maximum absolute atomic E-state index is 14.7. The third kappa shape index (κ3) is 2.68. The lowest BCUT2D eigenvalue weighted by atomic mass is 9.99. The van der Waals surface area contributed by atoms with E-state index in [0.29, 0.717) is 11.4 Å². The Labute approximate surface area is 153 Å². The number of aryl methyl sites for hydroxylation is 1. The lowest BCUT2D eigenvalue weighted by Crippen LogP contribution is -2.26. The van der Waals surface area contributed by atoms with E-state index in [1.807, 2.05) is 31.3 Å². The van der Waals surface area contributed by atoms with Crippen LogP contribution in [0.15, 0.2) is 30.5 Å². The molecule has 1 fully saturated rings. The van der Waals surface area contributed by atoms with Crippen molar-refractivity contribution >= 4 is 27.2 Å². The van der Waals surface area contributed by atoms with Crippen molar-refractivity contribution in [2.24, 2.45) is 0 Å². The fraction of sp³-hybridized carbons (Fsp3) is 0.316. The first-order chi connectivity index (χ1) is 12.7. The van der Waals surface area contributed by atoms with E-state index in [2.05, 4.69) is 20.4 Å². The summed E-state index contributed by atoms with van der Waals surface area (Å²) in [5.74, 6) is 0.154. The maximum Gasteiger partial charge on any atom is 0.155 e. The Morgan fingerprint density at radius 1 is 1.19 bits per heavy atom. The number of fused-ring (bicyclic) bond motifs is 2. The van der Waals surface area contributed by atoms with Crippen LogP contribution >= 0.6 is 11.3 Å². The van der Waals surface area contributed by atoms with E-state index in [9.17, 15) is 4.39 Å². The normalized spacial score (nSPS) is 15.9. The number of halogens is 1. The monoisotopic (exact) mass is 367 g/mol. The van der Waals surface area contributed by atoms with Crippen LogP contribution in [0.2, 0.25) is 0 Å². The topological polar surface area (TPSA) is 55.1 Å². The average Bonchev–Trinajstić information content (AvgIpc) is 3.24. The zero-order chi connectivity index (χ0) is 17.7. The van der Waals surface area contributed by atoms with Crippen molar-refractivity contribution in [2.45, 2.75) is 25.7 Å². The lowest BCUT2D eigenvalue weighted by Gasteiger charge is -2.20. The zero-order valence-corrected chi connectivity index (χ0v) is 15.2. The van der Waals surface area contributed by atoms with E-state index < -0.39 is 0 Å². The minimum absolute atomic E-state index is 0.278. The van der Waals surface area contributed by atoms with Crippen molar-refractivity contribution in [3.05, 3.63) is 47.0 Å². The van der Waals surface area contributed by atoms with Gasteiger partial charge in [0.1, 0.15) is 5.52 Å². The molecule has 1 aliphatic rings. The third-order valence-electron chi connectivity index (χ3n) is 4.90. The van der Waals surface area contributed by atoms with Crippen LogP contribution in [0.5, 0.6) is 0 Å². The van der Waals surface area contributed by atoms with E-state index in [1.165, 1.54) is 6.07 Å². The number of nitrogens with zero attached hydrogens (tertiary/aromatic N) is 4. The number of nitrogens with one attached hydrogen (secondary N) is 1. The first-order valence-electron chi connectivity index (χ1n) is 8.81. The molecule has 0 radical (unpaired) electrons. The summed E-state index contributed by atoms with van der Waals surface area (Å²) >= 11 is 1.61. The van der Waals surface area contributed by atoms with E-state index in [1.54, 1.807) is 15.9 Å². The van der Waals surface area contributed by atoms with Crippen molar-refractivity contribution in [1.29, 1.82) is 0 Å². The van der Waals surface area contributed by atoms with Crippen LogP contribution in [-0.4, -0.2) is 32.7 Å². The van der Waals surface area contributed by atoms with Crippen molar-refractivity contribution in [3.63, 3.8) is 0 Å². The Balaban J connectivity index is 1.58. The third-order valence-corrected chi connectivity index (χ3v) is 6.06. The molecule has 1 N–H and O–H groups in total. The van der Waals surface area contributed by atoms with Crippen LogP contribution in [0.25, 0.3) is 27.1 Å². The number of aromatic nitrogens is 4. The van der Waals surface area contributed by atoms with Crippen LogP contribution in [0, 0.1) is 12.7 Å². The SMILES string of the molecule is Cc1cc2nc(-c3cc(F)c4nc(C5CCNCC5)sc4c3)ccn2n1. The molecule has 0 atom stereocenters. The number of hydrogen-bond acceptors (Lipinski definition) is 5. The number of benzene rings is 1. The highest BCUT2D eigenvalue weighted by molar-refractivity contribution is 7.18. The summed E-state index contributed by atoms with van der Waals surface area (Å²) < 4.78 is 17.3. The van der Waals surface area contributed by atoms with Gasteiger partial charge in [0, 0.05) is 23.7 Å². The molecule has 0 spiro atoms. The van der Waals surface area contributed by atoms with Gasteiger partial charge in [-0.2, -0.15) is 5.10 Å². The fourth-order valence-corrected chi connectivity index (χ4v) is 4.75. The molecule has 5 rings (SSSR count). The molecule has 1 aliphatic heterocycles. The van der Waals surface area contributed by atoms with E-state index >= 15 is 0 Å². The highest BCUT2D eigenvalue weighted by atomic mass is 32.1. The molecule has 4 aromatic rings. The summed E-state index contributed by atoms with van der Waals surface area (Å²) in [5.41, 5.74) is 3.67. The molecule has 0 amide bonds. The van der Waals surface area contributed by atoms with Gasteiger partial charge in [0.2, 0.25) is 0 Å². The van der Waals surface area contributed by atoms with Crippen molar-refractivity contribution in [3.8, 4) is 11.3 Å². The minimum Gasteiger partial charge on any atom is -0.317 e. The van der Waals surface area contributed by atoms with Crippen LogP contribution in [0.1, 0.15) is 29.5 Å². The molecule has 4 heterocycles. The van der Waals surface area contributed by atoms with Crippen LogP contribution in [-0.2, 0) is 0 Å². The van der Waals surface area contributed by atoms with Crippen LogP contribution in [0.4, 0.5) is 4.39 Å². The molecule has 0 aliphatic carbocycles. The van der Waals surface area contributed by atoms with Gasteiger partial charge in [0.15, 0.2) is 11.5 Å². The molecule has 7 heteroatoms. The summed E-state index contributed by atoms with van der Waals surface area (Å²) in [6.45, 7) is 3.94. The molecule has 3 aromatic heterocycles. The van der Waals surface area contributed by atoms with E-state index in [-0.39, 0.29) is 5.82 Å². The van der Waals surface area contributed by atoms with Gasteiger partial charge in [0.25, 0.3) is 0 Å². The number of rotatable bonds is 2. The Kier molecular flexibility index (Phi) is 3.72. The Morgan fingerprint density at radius 3 is 2.88 bits per heavy atom. The second-order valence-electron chi connectivity index (χ2n) is 6.78. The summed E-state index contributed by atoms with van der Waals surface area (Å²) in [7, 11) is 0. The second kappa shape index (κ2) is 6.10. The van der Waals surface area contributed by atoms with Gasteiger partial charge < -0.3 is 5.32 Å². The zero-order valence-electron chi connectivity index (χ0n) is 14.4. The smallest absolute Gasteiger partial charge is 0.155 e. The molecule has 132 valence electrons. The molecule has 0 saturated carbocycles. The standard InChI is InChI=1S/C19H18FN5S/c1-11-8-17-22-15(4-7-25(17)24-11)13-9-14(20)18-16(10-13)26-19(23-18)12-2-5-21-6-3-12/h4,7-10,12,21H,2-3,5-6H2,1H3. The van der Waals surface area contributed by atoms with Crippen LogP contribution in [0.3, 0.4) is 0 Å². The highest BCUT2D eigenvalue weighted by Crippen LogP contribution is 2.35. The largest absolute Gasteiger partial charge is 0.317 e. The summed E-state index contributed by atoms with van der Waals surface area (Å²) in [5, 5.41) is 8.75. The van der Waals surface area contributed by atoms with Gasteiger partial charge in [-0.3, -0.25) is 0 Å². The molecule has 0 bridgehead atoms. The summed E-state index contributed by atoms with van der Waals surface area (Å²) in [6.07, 6.45) is 3.99. The minimum atomic E-state index is -0.278. The van der Waals surface area contributed by atoms with Gasteiger partial charge in [-0.15, -0.1) is 11.3 Å². The van der Waals surface area contributed by atoms with Crippen molar-refractivity contribution in [2.75, 3.05) is 13.1 Å². The quantitative estimate of drug-likeness (QED) is 0.583. The van der Waals surface area contributed by atoms with Gasteiger partial charge in [-0.05, 0) is 51.1 Å². The second-order valence-corrected chi connectivity index (χ2v) is 7.84. The van der Waals surface area contributed by atoms with Gasteiger partial charge in [0.05, 0.1) is 21.1 Å². The maximum atomic E-state index is 14.7. The van der Waals surface area contributed by atoms with E-state index in [0.717, 1.165) is 58.2 Å².